The van der Waals surface area contributed by atoms with E-state index >= 15 is 0 Å². The highest BCUT2D eigenvalue weighted by atomic mass is 35.5. The van der Waals surface area contributed by atoms with Crippen molar-refractivity contribution in [1.82, 2.24) is 14.8 Å². The average Bonchev–Trinajstić information content (AvgIpc) is 2.91. The summed E-state index contributed by atoms with van der Waals surface area (Å²) in [5.41, 5.74) is -0.540. The molecule has 1 aromatic heterocycles. The van der Waals surface area contributed by atoms with Gasteiger partial charge in [0.15, 0.2) is 0 Å². The van der Waals surface area contributed by atoms with Crippen LogP contribution >= 0.6 is 11.6 Å². The maximum atomic E-state index is 10.9. The van der Waals surface area contributed by atoms with E-state index in [1.54, 1.807) is 35.9 Å². The zero-order chi connectivity index (χ0) is 13.9. The molecule has 0 aliphatic carbocycles. The Kier molecular flexibility index (Phi) is 4.19. The molecular formula is C13H16ClN3O2. The van der Waals surface area contributed by atoms with Gasteiger partial charge in [-0.05, 0) is 17.7 Å². The molecule has 102 valence electrons. The van der Waals surface area contributed by atoms with Gasteiger partial charge in [0.05, 0.1) is 6.54 Å². The summed E-state index contributed by atoms with van der Waals surface area (Å²) < 4.78 is 1.54. The number of hydrogen-bond donors (Lipinski definition) is 2. The second-order valence-electron chi connectivity index (χ2n) is 4.61. The van der Waals surface area contributed by atoms with Gasteiger partial charge in [0.2, 0.25) is 0 Å². The third-order valence-corrected chi connectivity index (χ3v) is 3.55. The number of benzene rings is 1. The lowest BCUT2D eigenvalue weighted by atomic mass is 9.82. The minimum atomic E-state index is -1.23. The summed E-state index contributed by atoms with van der Waals surface area (Å²) >= 11 is 5.86. The second kappa shape index (κ2) is 5.69. The molecule has 2 rings (SSSR count). The van der Waals surface area contributed by atoms with Crippen molar-refractivity contribution in [2.45, 2.75) is 19.1 Å². The lowest BCUT2D eigenvalue weighted by Crippen LogP contribution is -2.40. The molecule has 1 heterocycles. The maximum absolute atomic E-state index is 10.9. The van der Waals surface area contributed by atoms with E-state index in [4.69, 9.17) is 11.6 Å². The number of aliphatic hydroxyl groups excluding tert-OH is 1. The van der Waals surface area contributed by atoms with E-state index in [0.717, 1.165) is 0 Å². The van der Waals surface area contributed by atoms with Gasteiger partial charge in [0, 0.05) is 17.5 Å². The van der Waals surface area contributed by atoms with Gasteiger partial charge in [-0.2, -0.15) is 5.10 Å². The van der Waals surface area contributed by atoms with Crippen molar-refractivity contribution in [1.29, 1.82) is 0 Å². The number of halogens is 1. The molecule has 19 heavy (non-hydrogen) atoms. The first-order valence-corrected chi connectivity index (χ1v) is 6.35. The van der Waals surface area contributed by atoms with Gasteiger partial charge in [0.1, 0.15) is 18.3 Å². The quantitative estimate of drug-likeness (QED) is 0.870. The number of aliphatic hydroxyl groups is 2. The van der Waals surface area contributed by atoms with E-state index in [-0.39, 0.29) is 19.1 Å². The smallest absolute Gasteiger partial charge is 0.137 e. The first kappa shape index (κ1) is 14.0. The van der Waals surface area contributed by atoms with Crippen LogP contribution in [0.1, 0.15) is 12.5 Å². The van der Waals surface area contributed by atoms with E-state index in [9.17, 15) is 10.2 Å². The molecule has 2 unspecified atom stereocenters. The average molecular weight is 282 g/mol. The molecule has 0 spiro atoms. The summed E-state index contributed by atoms with van der Waals surface area (Å²) in [5, 5.41) is 24.9. The number of aromatic nitrogens is 3. The van der Waals surface area contributed by atoms with Crippen LogP contribution in [0.2, 0.25) is 5.02 Å². The molecule has 2 N–H and O–H groups in total. The van der Waals surface area contributed by atoms with Crippen molar-refractivity contribution < 1.29 is 10.2 Å². The van der Waals surface area contributed by atoms with E-state index in [1.165, 1.54) is 12.7 Å². The van der Waals surface area contributed by atoms with Crippen LogP contribution in [-0.4, -0.2) is 31.6 Å². The van der Waals surface area contributed by atoms with Crippen molar-refractivity contribution in [3.05, 3.63) is 47.5 Å². The maximum Gasteiger partial charge on any atom is 0.137 e. The molecular weight excluding hydrogens is 266 g/mol. The van der Waals surface area contributed by atoms with Crippen LogP contribution in [0.5, 0.6) is 0 Å². The molecule has 0 saturated heterocycles. The van der Waals surface area contributed by atoms with E-state index in [2.05, 4.69) is 10.1 Å². The van der Waals surface area contributed by atoms with Gasteiger partial charge in [-0.15, -0.1) is 0 Å². The van der Waals surface area contributed by atoms with Crippen molar-refractivity contribution in [2.24, 2.45) is 5.92 Å². The predicted molar refractivity (Wildman–Crippen MR) is 71.6 cm³/mol. The molecule has 2 aromatic rings. The fourth-order valence-electron chi connectivity index (χ4n) is 1.98. The van der Waals surface area contributed by atoms with Gasteiger partial charge < -0.3 is 10.2 Å². The van der Waals surface area contributed by atoms with Crippen molar-refractivity contribution in [2.75, 3.05) is 6.61 Å². The molecule has 2 atom stereocenters. The third kappa shape index (κ3) is 2.94. The Morgan fingerprint density at radius 1 is 1.37 bits per heavy atom. The van der Waals surface area contributed by atoms with Crippen LogP contribution in [0.3, 0.4) is 0 Å². The largest absolute Gasteiger partial charge is 0.396 e. The Balaban J connectivity index is 2.36. The van der Waals surface area contributed by atoms with Gasteiger partial charge in [-0.25, -0.2) is 9.67 Å². The Hall–Kier alpha value is -1.43. The van der Waals surface area contributed by atoms with Gasteiger partial charge >= 0.3 is 0 Å². The first-order chi connectivity index (χ1) is 9.06. The molecule has 0 amide bonds. The fourth-order valence-corrected chi connectivity index (χ4v) is 2.11. The van der Waals surface area contributed by atoms with Gasteiger partial charge in [-0.3, -0.25) is 0 Å². The molecule has 0 aliphatic rings. The lowest BCUT2D eigenvalue weighted by Gasteiger charge is -2.33. The number of nitrogens with zero attached hydrogens (tertiary/aromatic N) is 3. The Morgan fingerprint density at radius 3 is 2.58 bits per heavy atom. The molecule has 0 fully saturated rings. The van der Waals surface area contributed by atoms with Crippen LogP contribution in [0, 0.1) is 5.92 Å². The Labute approximate surface area is 116 Å². The standard InChI is InChI=1S/C13H16ClN3O2/c1-10(6-18)13(19,7-17-9-15-8-16-17)11-2-4-12(14)5-3-11/h2-5,8-10,18-19H,6-7H2,1H3. The minimum Gasteiger partial charge on any atom is -0.396 e. The summed E-state index contributed by atoms with van der Waals surface area (Å²) in [6.45, 7) is 1.87. The zero-order valence-corrected chi connectivity index (χ0v) is 11.3. The molecule has 0 saturated carbocycles. The highest BCUT2D eigenvalue weighted by Gasteiger charge is 2.36. The van der Waals surface area contributed by atoms with Gasteiger partial charge in [0.25, 0.3) is 0 Å². The highest BCUT2D eigenvalue weighted by Crippen LogP contribution is 2.32. The van der Waals surface area contributed by atoms with Crippen molar-refractivity contribution in [3.63, 3.8) is 0 Å². The molecule has 0 aliphatic heterocycles. The highest BCUT2D eigenvalue weighted by molar-refractivity contribution is 6.30. The molecule has 1 aromatic carbocycles. The first-order valence-electron chi connectivity index (χ1n) is 5.98. The van der Waals surface area contributed by atoms with E-state index in [0.29, 0.717) is 10.6 Å². The summed E-state index contributed by atoms with van der Waals surface area (Å²) in [5.74, 6) is -0.349. The Bertz CT molecular complexity index is 515. The SMILES string of the molecule is CC(CO)C(O)(Cn1cncn1)c1ccc(Cl)cc1. The fraction of sp³-hybridized carbons (Fsp3) is 0.385. The second-order valence-corrected chi connectivity index (χ2v) is 5.04. The summed E-state index contributed by atoms with van der Waals surface area (Å²) in [6, 6.07) is 6.94. The lowest BCUT2D eigenvalue weighted by molar-refractivity contribution is -0.0540. The van der Waals surface area contributed by atoms with Crippen molar-refractivity contribution in [3.8, 4) is 0 Å². The molecule has 0 radical (unpaired) electrons. The van der Waals surface area contributed by atoms with Crippen molar-refractivity contribution >= 4 is 11.6 Å². The van der Waals surface area contributed by atoms with Crippen LogP contribution in [0.15, 0.2) is 36.9 Å². The number of hydrogen-bond acceptors (Lipinski definition) is 4. The summed E-state index contributed by atoms with van der Waals surface area (Å²) in [7, 11) is 0. The molecule has 0 bridgehead atoms. The molecule has 5 nitrogen and oxygen atoms in total. The van der Waals surface area contributed by atoms with Crippen LogP contribution < -0.4 is 0 Å². The summed E-state index contributed by atoms with van der Waals surface area (Å²) in [6.07, 6.45) is 2.94. The van der Waals surface area contributed by atoms with Crippen LogP contribution in [-0.2, 0) is 12.1 Å². The van der Waals surface area contributed by atoms with Gasteiger partial charge in [-0.1, -0.05) is 30.7 Å². The number of rotatable bonds is 5. The minimum absolute atomic E-state index is 0.131. The van der Waals surface area contributed by atoms with E-state index in [1.807, 2.05) is 0 Å². The van der Waals surface area contributed by atoms with Crippen LogP contribution in [0.4, 0.5) is 0 Å². The Morgan fingerprint density at radius 2 is 2.05 bits per heavy atom. The monoisotopic (exact) mass is 281 g/mol. The topological polar surface area (TPSA) is 71.2 Å². The summed E-state index contributed by atoms with van der Waals surface area (Å²) in [4.78, 5) is 3.86. The molecule has 6 heteroatoms. The predicted octanol–water partition coefficient (Wildman–Crippen LogP) is 1.45. The van der Waals surface area contributed by atoms with E-state index < -0.39 is 5.60 Å². The normalized spacial score (nSPS) is 16.0. The van der Waals surface area contributed by atoms with Crippen LogP contribution in [0.25, 0.3) is 0 Å². The third-order valence-electron chi connectivity index (χ3n) is 3.30. The zero-order valence-electron chi connectivity index (χ0n) is 10.6.